The van der Waals surface area contributed by atoms with Gasteiger partial charge in [0.2, 0.25) is 5.91 Å². The van der Waals surface area contributed by atoms with Gasteiger partial charge in [0.15, 0.2) is 0 Å². The summed E-state index contributed by atoms with van der Waals surface area (Å²) in [6.07, 6.45) is 0. The molecule has 5 heteroatoms. The molecule has 0 atom stereocenters. The molecule has 2 amide bonds. The standard InChI is InChI=1S/C18H14N2O3/c19-17(22)11-5-7-14(8-6-11)20-18(23)15-9-12-3-1-2-4-13(12)10-16(15)21/h1-10,21H,(H2,19,22)(H,20,23). The summed E-state index contributed by atoms with van der Waals surface area (Å²) in [6.45, 7) is 0. The van der Waals surface area contributed by atoms with Crippen molar-refractivity contribution in [1.29, 1.82) is 0 Å². The Hall–Kier alpha value is -3.34. The van der Waals surface area contributed by atoms with Gasteiger partial charge >= 0.3 is 0 Å². The molecule has 0 saturated heterocycles. The van der Waals surface area contributed by atoms with E-state index in [-0.39, 0.29) is 11.3 Å². The molecule has 0 bridgehead atoms. The third kappa shape index (κ3) is 2.98. The zero-order chi connectivity index (χ0) is 16.4. The molecule has 0 unspecified atom stereocenters. The first-order valence-corrected chi connectivity index (χ1v) is 6.97. The van der Waals surface area contributed by atoms with E-state index in [0.717, 1.165) is 10.8 Å². The van der Waals surface area contributed by atoms with Crippen LogP contribution in [0.2, 0.25) is 0 Å². The van der Waals surface area contributed by atoms with Gasteiger partial charge in [0.1, 0.15) is 5.75 Å². The fraction of sp³-hybridized carbons (Fsp3) is 0. The number of hydrogen-bond acceptors (Lipinski definition) is 3. The summed E-state index contributed by atoms with van der Waals surface area (Å²) in [6, 6.07) is 16.9. The summed E-state index contributed by atoms with van der Waals surface area (Å²) in [5.74, 6) is -1.05. The minimum Gasteiger partial charge on any atom is -0.507 e. The number of phenolic OH excluding ortho intramolecular Hbond substituents is 1. The number of nitrogens with two attached hydrogens (primary N) is 1. The number of aromatic hydroxyl groups is 1. The second-order valence-electron chi connectivity index (χ2n) is 5.11. The fourth-order valence-corrected chi connectivity index (χ4v) is 2.33. The molecule has 3 rings (SSSR count). The molecule has 0 aliphatic heterocycles. The number of primary amides is 1. The van der Waals surface area contributed by atoms with Gasteiger partial charge in [-0.15, -0.1) is 0 Å². The highest BCUT2D eigenvalue weighted by Gasteiger charge is 2.13. The Morgan fingerprint density at radius 3 is 2.13 bits per heavy atom. The average Bonchev–Trinajstić information content (AvgIpc) is 2.54. The lowest BCUT2D eigenvalue weighted by atomic mass is 10.1. The van der Waals surface area contributed by atoms with Crippen molar-refractivity contribution in [3.05, 3.63) is 71.8 Å². The Morgan fingerprint density at radius 1 is 0.913 bits per heavy atom. The van der Waals surface area contributed by atoms with Gasteiger partial charge in [-0.05, 0) is 47.2 Å². The van der Waals surface area contributed by atoms with Crippen LogP contribution in [0.3, 0.4) is 0 Å². The van der Waals surface area contributed by atoms with Crippen molar-refractivity contribution in [2.24, 2.45) is 5.73 Å². The van der Waals surface area contributed by atoms with Crippen molar-refractivity contribution in [3.63, 3.8) is 0 Å². The number of anilines is 1. The molecule has 23 heavy (non-hydrogen) atoms. The third-order valence-corrected chi connectivity index (χ3v) is 3.54. The van der Waals surface area contributed by atoms with Gasteiger partial charge in [-0.3, -0.25) is 9.59 Å². The zero-order valence-corrected chi connectivity index (χ0v) is 12.1. The molecule has 3 aromatic carbocycles. The van der Waals surface area contributed by atoms with Crippen molar-refractivity contribution < 1.29 is 14.7 Å². The SMILES string of the molecule is NC(=O)c1ccc(NC(=O)c2cc3ccccc3cc2O)cc1. The minimum absolute atomic E-state index is 0.0880. The van der Waals surface area contributed by atoms with Crippen LogP contribution in [0.25, 0.3) is 10.8 Å². The van der Waals surface area contributed by atoms with Crippen LogP contribution < -0.4 is 11.1 Å². The predicted molar refractivity (Wildman–Crippen MR) is 88.5 cm³/mol. The van der Waals surface area contributed by atoms with Crippen LogP contribution in [0.4, 0.5) is 5.69 Å². The van der Waals surface area contributed by atoms with E-state index < -0.39 is 11.8 Å². The molecule has 3 aromatic rings. The van der Waals surface area contributed by atoms with Gasteiger partial charge < -0.3 is 16.2 Å². The zero-order valence-electron chi connectivity index (χ0n) is 12.1. The maximum atomic E-state index is 12.3. The van der Waals surface area contributed by atoms with Gasteiger partial charge in [-0.1, -0.05) is 24.3 Å². The predicted octanol–water partition coefficient (Wildman–Crippen LogP) is 2.90. The number of fused-ring (bicyclic) bond motifs is 1. The number of phenols is 1. The largest absolute Gasteiger partial charge is 0.507 e. The van der Waals surface area contributed by atoms with Gasteiger partial charge in [0, 0.05) is 11.3 Å². The molecule has 0 aromatic heterocycles. The molecule has 0 spiro atoms. The molecular weight excluding hydrogens is 292 g/mol. The first kappa shape index (κ1) is 14.6. The Labute approximate surface area is 132 Å². The van der Waals surface area contributed by atoms with E-state index in [1.807, 2.05) is 24.3 Å². The fourth-order valence-electron chi connectivity index (χ4n) is 2.33. The monoisotopic (exact) mass is 306 g/mol. The summed E-state index contributed by atoms with van der Waals surface area (Å²) in [5, 5.41) is 14.4. The first-order chi connectivity index (χ1) is 11.0. The van der Waals surface area contributed by atoms with Gasteiger partial charge in [-0.25, -0.2) is 0 Å². The lowest BCUT2D eigenvalue weighted by Crippen LogP contribution is -2.13. The molecule has 0 heterocycles. The number of hydrogen-bond donors (Lipinski definition) is 3. The molecule has 5 nitrogen and oxygen atoms in total. The Morgan fingerprint density at radius 2 is 1.52 bits per heavy atom. The Kier molecular flexibility index (Phi) is 3.68. The van der Waals surface area contributed by atoms with E-state index in [9.17, 15) is 14.7 Å². The van der Waals surface area contributed by atoms with Crippen molar-refractivity contribution in [2.45, 2.75) is 0 Å². The highest BCUT2D eigenvalue weighted by molar-refractivity contribution is 6.08. The van der Waals surface area contributed by atoms with Crippen LogP contribution >= 0.6 is 0 Å². The number of carbonyl (C=O) groups is 2. The molecule has 4 N–H and O–H groups in total. The summed E-state index contributed by atoms with van der Waals surface area (Å²) in [4.78, 5) is 23.4. The van der Waals surface area contributed by atoms with E-state index in [1.165, 1.54) is 12.1 Å². The Bertz CT molecular complexity index is 902. The van der Waals surface area contributed by atoms with Gasteiger partial charge in [-0.2, -0.15) is 0 Å². The van der Waals surface area contributed by atoms with E-state index in [1.54, 1.807) is 24.3 Å². The number of nitrogens with one attached hydrogen (secondary N) is 1. The van der Waals surface area contributed by atoms with Crippen molar-refractivity contribution in [3.8, 4) is 5.75 Å². The summed E-state index contributed by atoms with van der Waals surface area (Å²) >= 11 is 0. The maximum absolute atomic E-state index is 12.3. The lowest BCUT2D eigenvalue weighted by molar-refractivity contribution is 0.0998. The second kappa shape index (κ2) is 5.81. The number of amides is 2. The van der Waals surface area contributed by atoms with Crippen molar-refractivity contribution in [1.82, 2.24) is 0 Å². The molecule has 0 aliphatic rings. The van der Waals surface area contributed by atoms with Crippen molar-refractivity contribution in [2.75, 3.05) is 5.32 Å². The molecule has 0 fully saturated rings. The highest BCUT2D eigenvalue weighted by atomic mass is 16.3. The van der Waals surface area contributed by atoms with Crippen LogP contribution in [-0.2, 0) is 0 Å². The molecule has 114 valence electrons. The molecule has 0 radical (unpaired) electrons. The second-order valence-corrected chi connectivity index (χ2v) is 5.11. The topological polar surface area (TPSA) is 92.4 Å². The number of rotatable bonds is 3. The first-order valence-electron chi connectivity index (χ1n) is 6.97. The molecular formula is C18H14N2O3. The van der Waals surface area contributed by atoms with E-state index in [4.69, 9.17) is 5.73 Å². The Balaban J connectivity index is 1.88. The smallest absolute Gasteiger partial charge is 0.259 e. The van der Waals surface area contributed by atoms with Crippen molar-refractivity contribution >= 4 is 28.3 Å². The highest BCUT2D eigenvalue weighted by Crippen LogP contribution is 2.25. The summed E-state index contributed by atoms with van der Waals surface area (Å²) in [5.41, 5.74) is 6.22. The van der Waals surface area contributed by atoms with E-state index in [2.05, 4.69) is 5.32 Å². The van der Waals surface area contributed by atoms with Crippen LogP contribution in [0, 0.1) is 0 Å². The molecule has 0 aliphatic carbocycles. The van der Waals surface area contributed by atoms with Crippen LogP contribution in [0.1, 0.15) is 20.7 Å². The maximum Gasteiger partial charge on any atom is 0.259 e. The normalized spacial score (nSPS) is 10.4. The van der Waals surface area contributed by atoms with Gasteiger partial charge in [0.05, 0.1) is 5.56 Å². The van der Waals surface area contributed by atoms with Crippen LogP contribution in [0.5, 0.6) is 5.75 Å². The third-order valence-electron chi connectivity index (χ3n) is 3.54. The molecule has 0 saturated carbocycles. The number of benzene rings is 3. The average molecular weight is 306 g/mol. The quantitative estimate of drug-likeness (QED) is 0.694. The van der Waals surface area contributed by atoms with Gasteiger partial charge in [0.25, 0.3) is 5.91 Å². The summed E-state index contributed by atoms with van der Waals surface area (Å²) < 4.78 is 0. The lowest BCUT2D eigenvalue weighted by Gasteiger charge is -2.09. The minimum atomic E-state index is -0.532. The van der Waals surface area contributed by atoms with E-state index in [0.29, 0.717) is 11.3 Å². The summed E-state index contributed by atoms with van der Waals surface area (Å²) in [7, 11) is 0. The van der Waals surface area contributed by atoms with E-state index >= 15 is 0 Å². The number of carbonyl (C=O) groups excluding carboxylic acids is 2. The van der Waals surface area contributed by atoms with Crippen LogP contribution in [-0.4, -0.2) is 16.9 Å². The van der Waals surface area contributed by atoms with Crippen LogP contribution in [0.15, 0.2) is 60.7 Å².